The van der Waals surface area contributed by atoms with Crippen LogP contribution in [0.25, 0.3) is 0 Å². The summed E-state index contributed by atoms with van der Waals surface area (Å²) < 4.78 is 6.22. The van der Waals surface area contributed by atoms with Gasteiger partial charge in [-0.2, -0.15) is 0 Å². The Bertz CT molecular complexity index is 386. The van der Waals surface area contributed by atoms with Gasteiger partial charge >= 0.3 is 0 Å². The molecule has 4 nitrogen and oxygen atoms in total. The van der Waals surface area contributed by atoms with Gasteiger partial charge in [0, 0.05) is 13.1 Å². The summed E-state index contributed by atoms with van der Waals surface area (Å²) in [6.45, 7) is 4.26. The van der Waals surface area contributed by atoms with Crippen molar-refractivity contribution < 1.29 is 9.21 Å². The third-order valence-corrected chi connectivity index (χ3v) is 3.75. The van der Waals surface area contributed by atoms with E-state index < -0.39 is 0 Å². The van der Waals surface area contributed by atoms with E-state index in [0.29, 0.717) is 6.54 Å². The van der Waals surface area contributed by atoms with E-state index in [0.717, 1.165) is 36.2 Å². The summed E-state index contributed by atoms with van der Waals surface area (Å²) in [5.41, 5.74) is 0. The molecule has 1 N–H and O–H groups in total. The molecule has 2 heterocycles. The van der Waals surface area contributed by atoms with E-state index in [2.05, 4.69) is 21.2 Å². The lowest BCUT2D eigenvalue weighted by molar-refractivity contribution is -0.132. The second-order valence-corrected chi connectivity index (χ2v) is 5.18. The Morgan fingerprint density at radius 2 is 2.29 bits per heavy atom. The SMILES string of the molecule is CC(NCc1occc1Br)C(=O)N1CCCC1. The molecule has 94 valence electrons. The summed E-state index contributed by atoms with van der Waals surface area (Å²) in [4.78, 5) is 13.9. The molecule has 1 unspecified atom stereocenters. The quantitative estimate of drug-likeness (QED) is 0.927. The lowest BCUT2D eigenvalue weighted by Gasteiger charge is -2.20. The zero-order valence-corrected chi connectivity index (χ0v) is 11.5. The summed E-state index contributed by atoms with van der Waals surface area (Å²) in [7, 11) is 0. The zero-order valence-electron chi connectivity index (χ0n) is 9.91. The van der Waals surface area contributed by atoms with Gasteiger partial charge in [-0.3, -0.25) is 10.1 Å². The van der Waals surface area contributed by atoms with E-state index in [1.54, 1.807) is 6.26 Å². The molecule has 0 aliphatic carbocycles. The molecule has 1 saturated heterocycles. The van der Waals surface area contributed by atoms with Gasteiger partial charge in [-0.05, 0) is 41.8 Å². The molecule has 1 aromatic rings. The summed E-state index contributed by atoms with van der Waals surface area (Å²) in [6.07, 6.45) is 3.89. The molecule has 0 spiro atoms. The molecule has 1 atom stereocenters. The van der Waals surface area contributed by atoms with Crippen LogP contribution in [0.3, 0.4) is 0 Å². The highest BCUT2D eigenvalue weighted by molar-refractivity contribution is 9.10. The first-order valence-corrected chi connectivity index (χ1v) is 6.72. The molecule has 5 heteroatoms. The molecule has 1 aromatic heterocycles. The van der Waals surface area contributed by atoms with Crippen LogP contribution in [0.5, 0.6) is 0 Å². The van der Waals surface area contributed by atoms with Crippen molar-refractivity contribution in [1.82, 2.24) is 10.2 Å². The molecule has 2 rings (SSSR count). The molecule has 0 bridgehead atoms. The Morgan fingerprint density at radius 3 is 2.88 bits per heavy atom. The first-order chi connectivity index (χ1) is 8.18. The van der Waals surface area contributed by atoms with Crippen LogP contribution in [-0.4, -0.2) is 29.9 Å². The average Bonchev–Trinajstić information content (AvgIpc) is 2.96. The number of hydrogen-bond donors (Lipinski definition) is 1. The lowest BCUT2D eigenvalue weighted by atomic mass is 10.3. The second-order valence-electron chi connectivity index (χ2n) is 4.33. The smallest absolute Gasteiger partial charge is 0.239 e. The van der Waals surface area contributed by atoms with Gasteiger partial charge in [-0.1, -0.05) is 0 Å². The van der Waals surface area contributed by atoms with E-state index in [4.69, 9.17) is 4.42 Å². The molecule has 1 amide bonds. The van der Waals surface area contributed by atoms with Crippen molar-refractivity contribution >= 4 is 21.8 Å². The fourth-order valence-electron chi connectivity index (χ4n) is 2.00. The minimum absolute atomic E-state index is 0.162. The summed E-state index contributed by atoms with van der Waals surface area (Å²) in [6, 6.07) is 1.69. The number of carbonyl (C=O) groups is 1. The monoisotopic (exact) mass is 300 g/mol. The number of nitrogens with one attached hydrogen (secondary N) is 1. The largest absolute Gasteiger partial charge is 0.467 e. The van der Waals surface area contributed by atoms with Crippen LogP contribution < -0.4 is 5.32 Å². The van der Waals surface area contributed by atoms with Crippen LogP contribution in [0.2, 0.25) is 0 Å². The number of amides is 1. The molecule has 0 aromatic carbocycles. The number of carbonyl (C=O) groups excluding carboxylic acids is 1. The summed E-state index contributed by atoms with van der Waals surface area (Å²) in [5, 5.41) is 3.19. The summed E-state index contributed by atoms with van der Waals surface area (Å²) >= 11 is 3.39. The lowest BCUT2D eigenvalue weighted by Crippen LogP contribution is -2.43. The van der Waals surface area contributed by atoms with Gasteiger partial charge < -0.3 is 9.32 Å². The topological polar surface area (TPSA) is 45.5 Å². The number of halogens is 1. The fraction of sp³-hybridized carbons (Fsp3) is 0.583. The Morgan fingerprint density at radius 1 is 1.59 bits per heavy atom. The maximum absolute atomic E-state index is 12.0. The van der Waals surface area contributed by atoms with Crippen molar-refractivity contribution in [2.24, 2.45) is 0 Å². The van der Waals surface area contributed by atoms with E-state index in [1.807, 2.05) is 17.9 Å². The van der Waals surface area contributed by atoms with Crippen LogP contribution in [0.15, 0.2) is 21.2 Å². The molecule has 1 aliphatic rings. The van der Waals surface area contributed by atoms with Crippen molar-refractivity contribution in [2.75, 3.05) is 13.1 Å². The van der Waals surface area contributed by atoms with Crippen molar-refractivity contribution in [3.63, 3.8) is 0 Å². The average molecular weight is 301 g/mol. The van der Waals surface area contributed by atoms with Gasteiger partial charge in [0.1, 0.15) is 5.76 Å². The van der Waals surface area contributed by atoms with Crippen LogP contribution in [-0.2, 0) is 11.3 Å². The predicted molar refractivity (Wildman–Crippen MR) is 68.5 cm³/mol. The van der Waals surface area contributed by atoms with Crippen LogP contribution >= 0.6 is 15.9 Å². The van der Waals surface area contributed by atoms with Crippen LogP contribution in [0.1, 0.15) is 25.5 Å². The minimum Gasteiger partial charge on any atom is -0.467 e. The Hall–Kier alpha value is -0.810. The van der Waals surface area contributed by atoms with E-state index in [1.165, 1.54) is 0 Å². The highest BCUT2D eigenvalue weighted by atomic mass is 79.9. The second kappa shape index (κ2) is 5.69. The molecule has 0 saturated carbocycles. The first kappa shape index (κ1) is 12.6. The van der Waals surface area contributed by atoms with Crippen molar-refractivity contribution in [2.45, 2.75) is 32.4 Å². The number of likely N-dealkylation sites (tertiary alicyclic amines) is 1. The Balaban J connectivity index is 1.82. The normalized spacial score (nSPS) is 17.4. The highest BCUT2D eigenvalue weighted by Gasteiger charge is 2.23. The molecule has 0 radical (unpaired) electrons. The number of rotatable bonds is 4. The highest BCUT2D eigenvalue weighted by Crippen LogP contribution is 2.17. The Labute approximate surface area is 109 Å². The maximum Gasteiger partial charge on any atom is 0.239 e. The van der Waals surface area contributed by atoms with Gasteiger partial charge in [0.2, 0.25) is 5.91 Å². The maximum atomic E-state index is 12.0. The van der Waals surface area contributed by atoms with Gasteiger partial charge in [0.05, 0.1) is 23.3 Å². The van der Waals surface area contributed by atoms with Crippen molar-refractivity contribution in [1.29, 1.82) is 0 Å². The van der Waals surface area contributed by atoms with Crippen LogP contribution in [0.4, 0.5) is 0 Å². The third kappa shape index (κ3) is 3.10. The fourth-order valence-corrected chi connectivity index (χ4v) is 2.34. The standard InChI is InChI=1S/C12H17BrN2O2/c1-9(12(16)15-5-2-3-6-15)14-8-11-10(13)4-7-17-11/h4,7,9,14H,2-3,5-6,8H2,1H3. The van der Waals surface area contributed by atoms with Crippen LogP contribution in [0, 0.1) is 0 Å². The van der Waals surface area contributed by atoms with Crippen molar-refractivity contribution in [3.05, 3.63) is 22.6 Å². The van der Waals surface area contributed by atoms with Gasteiger partial charge in [-0.25, -0.2) is 0 Å². The van der Waals surface area contributed by atoms with E-state index in [9.17, 15) is 4.79 Å². The molecular formula is C12H17BrN2O2. The molecule has 1 fully saturated rings. The van der Waals surface area contributed by atoms with Crippen molar-refractivity contribution in [3.8, 4) is 0 Å². The van der Waals surface area contributed by atoms with Gasteiger partial charge in [0.15, 0.2) is 0 Å². The minimum atomic E-state index is -0.162. The van der Waals surface area contributed by atoms with Gasteiger partial charge in [-0.15, -0.1) is 0 Å². The molecule has 17 heavy (non-hydrogen) atoms. The number of nitrogens with zero attached hydrogens (tertiary/aromatic N) is 1. The van der Waals surface area contributed by atoms with Gasteiger partial charge in [0.25, 0.3) is 0 Å². The molecular weight excluding hydrogens is 284 g/mol. The molecule has 1 aliphatic heterocycles. The van der Waals surface area contributed by atoms with E-state index in [-0.39, 0.29) is 11.9 Å². The number of hydrogen-bond acceptors (Lipinski definition) is 3. The Kier molecular flexibility index (Phi) is 4.23. The first-order valence-electron chi connectivity index (χ1n) is 5.92. The van der Waals surface area contributed by atoms with E-state index >= 15 is 0 Å². The third-order valence-electron chi connectivity index (χ3n) is 3.05. The summed E-state index contributed by atoms with van der Waals surface area (Å²) in [5.74, 6) is 1.01. The zero-order chi connectivity index (χ0) is 12.3. The predicted octanol–water partition coefficient (Wildman–Crippen LogP) is 2.14. The number of furan rings is 1.